The van der Waals surface area contributed by atoms with Crippen molar-refractivity contribution in [2.75, 3.05) is 0 Å². The Hall–Kier alpha value is 1.43. The molecule has 0 amide bonds. The van der Waals surface area contributed by atoms with Crippen LogP contribution in [0, 0.1) is 0 Å². The third kappa shape index (κ3) is 37.1. The predicted molar refractivity (Wildman–Crippen MR) is 22.5 cm³/mol. The predicted octanol–water partition coefficient (Wildman–Crippen LogP) is -1.26. The molecule has 1 aliphatic rings. The second kappa shape index (κ2) is 15.7. The van der Waals surface area contributed by atoms with Gasteiger partial charge in [0.25, 0.3) is 0 Å². The maximum Gasteiger partial charge on any atom is 1.00 e. The van der Waals surface area contributed by atoms with E-state index in [2.05, 4.69) is 0 Å². The minimum atomic E-state index is 0. The molecule has 0 radical (unpaired) electrons. The van der Waals surface area contributed by atoms with Crippen molar-refractivity contribution in [3.8, 4) is 0 Å². The Balaban J connectivity index is -0.00000000600. The molecule has 0 bridgehead atoms. The molecule has 0 unspecified atom stereocenters. The van der Waals surface area contributed by atoms with Gasteiger partial charge in [0.1, 0.15) is 0 Å². The molecule has 0 spiro atoms. The Kier molecular flexibility index (Phi) is 53.0. The molecule has 44 valence electrons. The van der Waals surface area contributed by atoms with Gasteiger partial charge in [0.2, 0.25) is 0 Å². The normalized spacial score (nSPS) is 10.3. The van der Waals surface area contributed by atoms with E-state index in [9.17, 15) is 0 Å². The number of hydrogen-bond acceptors (Lipinski definition) is 0. The summed E-state index contributed by atoms with van der Waals surface area (Å²) in [5.41, 5.74) is 0. The Morgan fingerprint density at radius 3 is 0.857 bits per heavy atom. The van der Waals surface area contributed by atoms with Gasteiger partial charge in [-0.3, -0.25) is 14.1 Å². The minimum Gasteiger partial charge on any atom is -1.00 e. The van der Waals surface area contributed by atoms with Crippen molar-refractivity contribution in [3.63, 3.8) is 0 Å². The summed E-state index contributed by atoms with van der Waals surface area (Å²) in [5.74, 6) is 0. The van der Waals surface area contributed by atoms with Crippen molar-refractivity contribution in [3.05, 3.63) is 0 Å². The molecule has 0 aromatic carbocycles. The summed E-state index contributed by atoms with van der Waals surface area (Å²) in [6.07, 6.45) is 4.50. The molecule has 0 atom stereocenters. The van der Waals surface area contributed by atoms with E-state index in [1.807, 2.05) is 0 Å². The summed E-state index contributed by atoms with van der Waals surface area (Å²) < 4.78 is 0. The van der Waals surface area contributed by atoms with Crippen LogP contribution in [0.3, 0.4) is 0 Å². The molecular weight excluding hydrogens is 132 g/mol. The van der Waals surface area contributed by atoms with Gasteiger partial charge in [0, 0.05) is 0 Å². The monoisotopic (exact) mass is 142 g/mol. The quantitative estimate of drug-likeness (QED) is 0.371. The van der Waals surface area contributed by atoms with Crippen LogP contribution in [-0.2, 0) is 0 Å². The minimum absolute atomic E-state index is 0. The zero-order chi connectivity index (χ0) is 2.12. The molecule has 0 aromatic rings. The van der Waals surface area contributed by atoms with Gasteiger partial charge in [-0.05, 0) is 0 Å². The molecule has 1 rings (SSSR count). The van der Waals surface area contributed by atoms with Gasteiger partial charge in [0.05, 0.1) is 0 Å². The SMILES string of the molecule is C1CC1.F.F.F.[H-].[K+]. The molecule has 0 aromatic heterocycles. The van der Waals surface area contributed by atoms with Crippen LogP contribution in [0.2, 0.25) is 0 Å². The molecule has 1 fully saturated rings. The summed E-state index contributed by atoms with van der Waals surface area (Å²) >= 11 is 0. The van der Waals surface area contributed by atoms with Crippen LogP contribution in [0.25, 0.3) is 0 Å². The standard InChI is InChI=1S/C3H6.3FH.K.H/c1-2-3-1;;;;;/h1-3H2;3*1H;;/q;;;;+1;-1. The summed E-state index contributed by atoms with van der Waals surface area (Å²) in [4.78, 5) is 0. The summed E-state index contributed by atoms with van der Waals surface area (Å²) in [6.45, 7) is 0. The molecule has 1 saturated carbocycles. The molecular formula is C3H10F3K. The summed E-state index contributed by atoms with van der Waals surface area (Å²) in [7, 11) is 0. The molecule has 0 heterocycles. The first-order valence-corrected chi connectivity index (χ1v) is 1.50. The van der Waals surface area contributed by atoms with Gasteiger partial charge in [-0.2, -0.15) is 0 Å². The van der Waals surface area contributed by atoms with Crippen LogP contribution in [0.5, 0.6) is 0 Å². The van der Waals surface area contributed by atoms with Crippen molar-refractivity contribution in [2.24, 2.45) is 0 Å². The van der Waals surface area contributed by atoms with E-state index >= 15 is 0 Å². The fourth-order valence-corrected chi connectivity index (χ4v) is 0. The Labute approximate surface area is 85.1 Å². The smallest absolute Gasteiger partial charge is 1.00 e. The van der Waals surface area contributed by atoms with Crippen molar-refractivity contribution in [1.82, 2.24) is 0 Å². The van der Waals surface area contributed by atoms with E-state index < -0.39 is 0 Å². The van der Waals surface area contributed by atoms with Crippen LogP contribution in [0.1, 0.15) is 20.7 Å². The third-order valence-electron chi connectivity index (χ3n) is 0.354. The van der Waals surface area contributed by atoms with E-state index in [0.717, 1.165) is 0 Å². The topological polar surface area (TPSA) is 0 Å². The average molecular weight is 142 g/mol. The summed E-state index contributed by atoms with van der Waals surface area (Å²) in [5, 5.41) is 0. The molecule has 0 nitrogen and oxygen atoms in total. The first-order chi connectivity index (χ1) is 1.50. The molecule has 0 N–H and O–H groups in total. The number of hydrogen-bond donors (Lipinski definition) is 0. The first kappa shape index (κ1) is 23.7. The van der Waals surface area contributed by atoms with Crippen molar-refractivity contribution < 1.29 is 66.9 Å². The van der Waals surface area contributed by atoms with Gasteiger partial charge in [-0.25, -0.2) is 0 Å². The van der Waals surface area contributed by atoms with E-state index in [4.69, 9.17) is 0 Å². The van der Waals surface area contributed by atoms with Gasteiger partial charge < -0.3 is 1.43 Å². The zero-order valence-corrected chi connectivity index (χ0v) is 7.47. The number of halogens is 3. The van der Waals surface area contributed by atoms with E-state index in [-0.39, 0.29) is 66.9 Å². The second-order valence-corrected chi connectivity index (χ2v) is 1.06. The third-order valence-corrected chi connectivity index (χ3v) is 0.354. The van der Waals surface area contributed by atoms with Crippen LogP contribution >= 0.6 is 0 Å². The van der Waals surface area contributed by atoms with Crippen molar-refractivity contribution >= 4 is 0 Å². The molecule has 0 aliphatic heterocycles. The molecule has 0 saturated heterocycles. The van der Waals surface area contributed by atoms with E-state index in [0.29, 0.717) is 0 Å². The average Bonchev–Trinajstić information content (AvgIpc) is 1.46. The Morgan fingerprint density at radius 2 is 0.857 bits per heavy atom. The van der Waals surface area contributed by atoms with Crippen molar-refractivity contribution in [1.29, 1.82) is 0 Å². The van der Waals surface area contributed by atoms with Gasteiger partial charge >= 0.3 is 51.4 Å². The number of rotatable bonds is 0. The fraction of sp³-hybridized carbons (Fsp3) is 1.00. The fourth-order valence-electron chi connectivity index (χ4n) is 0. The van der Waals surface area contributed by atoms with Crippen LogP contribution in [0.15, 0.2) is 0 Å². The first-order valence-electron chi connectivity index (χ1n) is 1.50. The molecule has 1 aliphatic carbocycles. The van der Waals surface area contributed by atoms with Gasteiger partial charge in [-0.15, -0.1) is 0 Å². The van der Waals surface area contributed by atoms with Crippen LogP contribution in [-0.4, -0.2) is 0 Å². The summed E-state index contributed by atoms with van der Waals surface area (Å²) in [6, 6.07) is 0. The largest absolute Gasteiger partial charge is 1.00 e. The maximum atomic E-state index is 1.50. The Bertz CT molecular complexity index is 19.2. The van der Waals surface area contributed by atoms with Crippen LogP contribution in [0.4, 0.5) is 14.1 Å². The Morgan fingerprint density at radius 1 is 0.714 bits per heavy atom. The van der Waals surface area contributed by atoms with Crippen LogP contribution < -0.4 is 51.4 Å². The zero-order valence-electron chi connectivity index (χ0n) is 5.35. The van der Waals surface area contributed by atoms with Crippen molar-refractivity contribution in [2.45, 2.75) is 19.3 Å². The van der Waals surface area contributed by atoms with E-state index in [1.54, 1.807) is 0 Å². The maximum absolute atomic E-state index is 1.50. The van der Waals surface area contributed by atoms with E-state index in [1.165, 1.54) is 19.3 Å². The second-order valence-electron chi connectivity index (χ2n) is 1.06. The molecule has 4 heteroatoms. The molecule has 7 heavy (non-hydrogen) atoms. The van der Waals surface area contributed by atoms with Gasteiger partial charge in [0.15, 0.2) is 0 Å². The van der Waals surface area contributed by atoms with Gasteiger partial charge in [-0.1, -0.05) is 19.3 Å².